The normalized spacial score (nSPS) is 11.8. The molecule has 9 aromatic carbocycles. The maximum absolute atomic E-state index is 2.55. The van der Waals surface area contributed by atoms with Crippen LogP contribution >= 0.6 is 22.7 Å². The van der Waals surface area contributed by atoms with E-state index in [0.29, 0.717) is 0 Å². The zero-order valence-corrected chi connectivity index (χ0v) is 33.0. The van der Waals surface area contributed by atoms with Crippen LogP contribution < -0.4 is 4.90 Å². The highest BCUT2D eigenvalue weighted by Gasteiger charge is 2.26. The van der Waals surface area contributed by atoms with Crippen molar-refractivity contribution >= 4 is 102 Å². The van der Waals surface area contributed by atoms with Crippen LogP contribution in [-0.2, 0) is 0 Å². The van der Waals surface area contributed by atoms with Gasteiger partial charge in [0.05, 0.1) is 28.1 Å². The van der Waals surface area contributed by atoms with Crippen LogP contribution in [0.2, 0.25) is 0 Å². The minimum absolute atomic E-state index is 1.13. The van der Waals surface area contributed by atoms with E-state index in [0.717, 1.165) is 22.7 Å². The summed E-state index contributed by atoms with van der Waals surface area (Å²) in [6, 6.07) is 75.7. The second-order valence-corrected chi connectivity index (χ2v) is 16.9. The van der Waals surface area contributed by atoms with Gasteiger partial charge in [-0.15, -0.1) is 22.7 Å². The monoisotopic (exact) mass is 774 g/mol. The van der Waals surface area contributed by atoms with Gasteiger partial charge in [-0.3, -0.25) is 0 Å². The number of nitrogens with zero attached hydrogens (tertiary/aromatic N) is 2. The quantitative estimate of drug-likeness (QED) is 0.163. The van der Waals surface area contributed by atoms with Gasteiger partial charge in [0, 0.05) is 79.1 Å². The van der Waals surface area contributed by atoms with Crippen LogP contribution in [0.1, 0.15) is 0 Å². The predicted octanol–water partition coefficient (Wildman–Crippen LogP) is 16.3. The highest BCUT2D eigenvalue weighted by molar-refractivity contribution is 7.26. The number of anilines is 3. The van der Waals surface area contributed by atoms with Gasteiger partial charge in [0.1, 0.15) is 0 Å². The van der Waals surface area contributed by atoms with Crippen molar-refractivity contribution in [3.63, 3.8) is 0 Å². The molecule has 0 aliphatic heterocycles. The first kappa shape index (κ1) is 33.2. The first-order valence-electron chi connectivity index (χ1n) is 19.7. The zero-order valence-electron chi connectivity index (χ0n) is 31.3. The van der Waals surface area contributed by atoms with Crippen LogP contribution in [0.4, 0.5) is 17.1 Å². The Labute approximate surface area is 343 Å². The van der Waals surface area contributed by atoms with E-state index in [-0.39, 0.29) is 0 Å². The number of hydrogen-bond acceptors (Lipinski definition) is 3. The van der Waals surface area contributed by atoms with Crippen molar-refractivity contribution in [2.45, 2.75) is 0 Å². The van der Waals surface area contributed by atoms with E-state index in [1.165, 1.54) is 84.4 Å². The fraction of sp³-hybridized carbons (Fsp3) is 0. The lowest BCUT2D eigenvalue weighted by molar-refractivity contribution is 1.18. The first-order valence-corrected chi connectivity index (χ1v) is 21.3. The molecule has 0 radical (unpaired) electrons. The number of aromatic nitrogens is 1. The highest BCUT2D eigenvalue weighted by Crippen LogP contribution is 2.52. The molecule has 0 saturated carbocycles. The SMILES string of the molecule is c1ccc(-n2c3ccccc3c3c(N(c4ccccc4-c4cccc5c4sc4ccccc45)c4ccccc4-c4cccc5c4sc4ccccc45)cccc32)cc1. The van der Waals surface area contributed by atoms with Crippen molar-refractivity contribution in [3.8, 4) is 27.9 Å². The van der Waals surface area contributed by atoms with Crippen LogP contribution in [-0.4, -0.2) is 4.57 Å². The van der Waals surface area contributed by atoms with Crippen molar-refractivity contribution in [3.05, 3.63) is 206 Å². The van der Waals surface area contributed by atoms with Crippen LogP contribution in [0.25, 0.3) is 90.1 Å². The molecule has 0 spiro atoms. The van der Waals surface area contributed by atoms with Gasteiger partial charge in [-0.25, -0.2) is 0 Å². The van der Waals surface area contributed by atoms with Crippen molar-refractivity contribution < 1.29 is 0 Å². The van der Waals surface area contributed by atoms with Gasteiger partial charge in [-0.1, -0.05) is 152 Å². The smallest absolute Gasteiger partial charge is 0.0562 e. The average Bonchev–Trinajstić information content (AvgIpc) is 3.97. The summed E-state index contributed by atoms with van der Waals surface area (Å²) in [5.74, 6) is 0. The van der Waals surface area contributed by atoms with Crippen LogP contribution in [0.3, 0.4) is 0 Å². The molecule has 0 amide bonds. The Morgan fingerprint density at radius 1 is 0.310 bits per heavy atom. The molecular formula is C54H34N2S2. The van der Waals surface area contributed by atoms with E-state index >= 15 is 0 Å². The van der Waals surface area contributed by atoms with E-state index in [4.69, 9.17) is 0 Å². The molecule has 12 aromatic rings. The van der Waals surface area contributed by atoms with Gasteiger partial charge in [0.25, 0.3) is 0 Å². The average molecular weight is 775 g/mol. The maximum atomic E-state index is 2.55. The largest absolute Gasteiger partial charge is 0.309 e. The number of rotatable bonds is 6. The molecule has 4 heteroatoms. The molecule has 2 nitrogen and oxygen atoms in total. The number of para-hydroxylation sites is 4. The molecule has 0 unspecified atom stereocenters. The van der Waals surface area contributed by atoms with E-state index in [2.05, 4.69) is 216 Å². The summed E-state index contributed by atoms with van der Waals surface area (Å²) in [6.45, 7) is 0. The Kier molecular flexibility index (Phi) is 7.62. The molecule has 272 valence electrons. The minimum Gasteiger partial charge on any atom is -0.309 e. The summed E-state index contributed by atoms with van der Waals surface area (Å²) in [5.41, 5.74) is 11.8. The molecule has 0 N–H and O–H groups in total. The fourth-order valence-electron chi connectivity index (χ4n) is 9.14. The topological polar surface area (TPSA) is 8.17 Å². The lowest BCUT2D eigenvalue weighted by Gasteiger charge is -2.31. The van der Waals surface area contributed by atoms with Gasteiger partial charge in [-0.05, 0) is 54.6 Å². The molecule has 0 atom stereocenters. The van der Waals surface area contributed by atoms with E-state index in [9.17, 15) is 0 Å². The van der Waals surface area contributed by atoms with Gasteiger partial charge >= 0.3 is 0 Å². The zero-order chi connectivity index (χ0) is 38.2. The van der Waals surface area contributed by atoms with E-state index < -0.39 is 0 Å². The molecule has 3 aromatic heterocycles. The van der Waals surface area contributed by atoms with E-state index in [1.54, 1.807) is 0 Å². The van der Waals surface area contributed by atoms with E-state index in [1.807, 2.05) is 22.7 Å². The van der Waals surface area contributed by atoms with Gasteiger partial charge in [-0.2, -0.15) is 0 Å². The van der Waals surface area contributed by atoms with Crippen molar-refractivity contribution in [2.75, 3.05) is 4.90 Å². The number of thiophene rings is 2. The summed E-state index contributed by atoms with van der Waals surface area (Å²) < 4.78 is 7.63. The molecule has 0 fully saturated rings. The number of fused-ring (bicyclic) bond motifs is 9. The third-order valence-electron chi connectivity index (χ3n) is 11.6. The lowest BCUT2D eigenvalue weighted by atomic mass is 9.96. The summed E-state index contributed by atoms with van der Waals surface area (Å²) >= 11 is 3.77. The number of hydrogen-bond donors (Lipinski definition) is 0. The van der Waals surface area contributed by atoms with Crippen LogP contribution in [0.15, 0.2) is 206 Å². The van der Waals surface area contributed by atoms with Crippen molar-refractivity contribution in [1.82, 2.24) is 4.57 Å². The Bertz CT molecular complexity index is 3380. The minimum atomic E-state index is 1.13. The fourth-order valence-corrected chi connectivity index (χ4v) is 11.6. The molecule has 58 heavy (non-hydrogen) atoms. The maximum Gasteiger partial charge on any atom is 0.0562 e. The lowest BCUT2D eigenvalue weighted by Crippen LogP contribution is -2.13. The van der Waals surface area contributed by atoms with Crippen molar-refractivity contribution in [1.29, 1.82) is 0 Å². The Hall–Kier alpha value is -6.98. The summed E-state index contributed by atoms with van der Waals surface area (Å²) in [5, 5.41) is 7.63. The van der Waals surface area contributed by atoms with Crippen molar-refractivity contribution in [2.24, 2.45) is 0 Å². The van der Waals surface area contributed by atoms with Gasteiger partial charge in [0.2, 0.25) is 0 Å². The summed E-state index contributed by atoms with van der Waals surface area (Å²) in [7, 11) is 0. The Balaban J connectivity index is 1.20. The van der Waals surface area contributed by atoms with Gasteiger partial charge < -0.3 is 9.47 Å². The standard InChI is InChI=1S/C54H34N2S2/c1-2-17-35(18-3-1)55-47-30-11-6-23-44(47)52-48(55)31-16-32-49(52)56(45-28-9-4-19-36(45)40-24-14-26-42-38-21-7-12-33-50(38)57-53(40)42)46-29-10-5-20-37(46)41-25-15-27-43-39-22-8-13-34-51(39)58-54(41)43/h1-34H. The summed E-state index contributed by atoms with van der Waals surface area (Å²) in [6.07, 6.45) is 0. The molecule has 0 aliphatic carbocycles. The van der Waals surface area contributed by atoms with Crippen LogP contribution in [0, 0.1) is 0 Å². The molecule has 12 rings (SSSR count). The molecule has 0 bridgehead atoms. The Morgan fingerprint density at radius 3 is 1.36 bits per heavy atom. The first-order chi connectivity index (χ1) is 28.8. The molecular weight excluding hydrogens is 741 g/mol. The Morgan fingerprint density at radius 2 is 0.741 bits per heavy atom. The predicted molar refractivity (Wildman–Crippen MR) is 252 cm³/mol. The highest BCUT2D eigenvalue weighted by atomic mass is 32.1. The molecule has 3 heterocycles. The third-order valence-corrected chi connectivity index (χ3v) is 14.0. The molecule has 0 aliphatic rings. The second kappa shape index (κ2) is 13.3. The summed E-state index contributed by atoms with van der Waals surface area (Å²) in [4.78, 5) is 2.55. The van der Waals surface area contributed by atoms with Crippen LogP contribution in [0.5, 0.6) is 0 Å². The molecule has 0 saturated heterocycles. The second-order valence-electron chi connectivity index (χ2n) is 14.8. The number of benzene rings is 9. The van der Waals surface area contributed by atoms with Gasteiger partial charge in [0.15, 0.2) is 0 Å². The third kappa shape index (κ3) is 5.02.